The quantitative estimate of drug-likeness (QED) is 0.490. The maximum Gasteiger partial charge on any atom is 0.213 e. The van der Waals surface area contributed by atoms with E-state index in [9.17, 15) is 0 Å². The van der Waals surface area contributed by atoms with E-state index in [1.165, 1.54) is 33.3 Å². The summed E-state index contributed by atoms with van der Waals surface area (Å²) in [6.07, 6.45) is 1.85. The van der Waals surface area contributed by atoms with Crippen molar-refractivity contribution in [1.29, 1.82) is 0 Å². The van der Waals surface area contributed by atoms with Crippen LogP contribution < -0.4 is 4.57 Å². The van der Waals surface area contributed by atoms with E-state index in [0.717, 1.165) is 5.69 Å². The average molecular weight is 311 g/mol. The molecule has 0 aliphatic carbocycles. The lowest BCUT2D eigenvalue weighted by Gasteiger charge is -2.10. The van der Waals surface area contributed by atoms with Gasteiger partial charge in [0.15, 0.2) is 0 Å². The van der Waals surface area contributed by atoms with E-state index < -0.39 is 0 Å². The molecule has 0 unspecified atom stereocenters. The van der Waals surface area contributed by atoms with E-state index in [-0.39, 0.29) is 0 Å². The van der Waals surface area contributed by atoms with Crippen LogP contribution in [0.15, 0.2) is 79.0 Å². The largest absolute Gasteiger partial charge is 0.256 e. The van der Waals surface area contributed by atoms with Crippen LogP contribution in [0.4, 0.5) is 0 Å². The third-order valence-electron chi connectivity index (χ3n) is 4.56. The summed E-state index contributed by atoms with van der Waals surface area (Å²) in [5.41, 5.74) is 7.11. The van der Waals surface area contributed by atoms with Crippen LogP contribution in [-0.4, -0.2) is 4.98 Å². The second-order valence-electron chi connectivity index (χ2n) is 6.05. The van der Waals surface area contributed by atoms with E-state index >= 15 is 0 Å². The van der Waals surface area contributed by atoms with Gasteiger partial charge in [-0.15, -0.1) is 0 Å². The Bertz CT molecular complexity index is 1020. The van der Waals surface area contributed by atoms with E-state index in [0.29, 0.717) is 0 Å². The van der Waals surface area contributed by atoms with Crippen molar-refractivity contribution in [2.45, 2.75) is 6.92 Å². The molecule has 0 saturated heterocycles. The summed E-state index contributed by atoms with van der Waals surface area (Å²) in [7, 11) is 2.13. The minimum atomic E-state index is 1.00. The molecular weight excluding hydrogens is 292 g/mol. The molecule has 0 N–H and O–H groups in total. The molecule has 0 radical (unpaired) electrons. The zero-order chi connectivity index (χ0) is 16.5. The van der Waals surface area contributed by atoms with Crippen molar-refractivity contribution >= 4 is 10.9 Å². The van der Waals surface area contributed by atoms with Crippen LogP contribution in [0.5, 0.6) is 0 Å². The van der Waals surface area contributed by atoms with Crippen LogP contribution in [0.2, 0.25) is 0 Å². The Labute approximate surface area is 142 Å². The van der Waals surface area contributed by atoms with Crippen molar-refractivity contribution in [2.24, 2.45) is 7.05 Å². The SMILES string of the molecule is Cc1ccccc1-c1cc(-c2ccccn2)c2ccccc2[n+]1C. The highest BCUT2D eigenvalue weighted by Gasteiger charge is 2.19. The second kappa shape index (κ2) is 5.89. The highest BCUT2D eigenvalue weighted by molar-refractivity contribution is 5.93. The molecule has 2 aromatic heterocycles. The number of aromatic nitrogens is 2. The van der Waals surface area contributed by atoms with Crippen LogP contribution in [0.3, 0.4) is 0 Å². The number of benzene rings is 2. The van der Waals surface area contributed by atoms with Crippen molar-refractivity contribution < 1.29 is 4.57 Å². The first-order valence-corrected chi connectivity index (χ1v) is 8.15. The topological polar surface area (TPSA) is 16.8 Å². The van der Waals surface area contributed by atoms with Crippen molar-refractivity contribution in [2.75, 3.05) is 0 Å². The molecule has 0 spiro atoms. The molecule has 2 heteroatoms. The van der Waals surface area contributed by atoms with E-state index in [4.69, 9.17) is 0 Å². The van der Waals surface area contributed by atoms with Crippen LogP contribution in [-0.2, 0) is 7.05 Å². The maximum atomic E-state index is 4.58. The molecule has 0 amide bonds. The van der Waals surface area contributed by atoms with Gasteiger partial charge in [-0.1, -0.05) is 36.4 Å². The van der Waals surface area contributed by atoms with Gasteiger partial charge in [-0.2, -0.15) is 4.57 Å². The maximum absolute atomic E-state index is 4.58. The van der Waals surface area contributed by atoms with Gasteiger partial charge in [-0.25, -0.2) is 0 Å². The van der Waals surface area contributed by atoms with Crippen molar-refractivity contribution in [3.05, 3.63) is 84.6 Å². The third-order valence-corrected chi connectivity index (χ3v) is 4.56. The lowest BCUT2D eigenvalue weighted by molar-refractivity contribution is -0.633. The highest BCUT2D eigenvalue weighted by atomic mass is 14.9. The number of rotatable bonds is 2. The van der Waals surface area contributed by atoms with Gasteiger partial charge >= 0.3 is 0 Å². The zero-order valence-corrected chi connectivity index (χ0v) is 13.9. The first-order chi connectivity index (χ1) is 11.8. The van der Waals surface area contributed by atoms with Crippen LogP contribution in [0.25, 0.3) is 33.4 Å². The van der Waals surface area contributed by atoms with Gasteiger partial charge in [-0.05, 0) is 36.8 Å². The lowest BCUT2D eigenvalue weighted by atomic mass is 9.98. The summed E-state index contributed by atoms with van der Waals surface area (Å²) in [5.74, 6) is 0. The Hall–Kier alpha value is -3.00. The van der Waals surface area contributed by atoms with Gasteiger partial charge in [0.25, 0.3) is 0 Å². The minimum absolute atomic E-state index is 1.00. The van der Waals surface area contributed by atoms with Crippen molar-refractivity contribution in [3.8, 4) is 22.5 Å². The summed E-state index contributed by atoms with van der Waals surface area (Å²) >= 11 is 0. The normalized spacial score (nSPS) is 10.9. The predicted molar refractivity (Wildman–Crippen MR) is 98.5 cm³/mol. The van der Waals surface area contributed by atoms with Gasteiger partial charge in [-0.3, -0.25) is 4.98 Å². The fourth-order valence-electron chi connectivity index (χ4n) is 3.29. The van der Waals surface area contributed by atoms with Crippen molar-refractivity contribution in [1.82, 2.24) is 4.98 Å². The molecule has 116 valence electrons. The number of hydrogen-bond donors (Lipinski definition) is 0. The molecule has 2 aromatic carbocycles. The van der Waals surface area contributed by atoms with Crippen LogP contribution >= 0.6 is 0 Å². The summed E-state index contributed by atoms with van der Waals surface area (Å²) in [6, 6.07) is 25.4. The fourth-order valence-corrected chi connectivity index (χ4v) is 3.29. The van der Waals surface area contributed by atoms with Gasteiger partial charge < -0.3 is 0 Å². The molecule has 4 rings (SSSR count). The molecule has 24 heavy (non-hydrogen) atoms. The van der Waals surface area contributed by atoms with E-state index in [2.05, 4.69) is 84.2 Å². The average Bonchev–Trinajstić information content (AvgIpc) is 2.64. The molecule has 2 heterocycles. The number of fused-ring (bicyclic) bond motifs is 1. The second-order valence-corrected chi connectivity index (χ2v) is 6.05. The predicted octanol–water partition coefficient (Wildman–Crippen LogP) is 4.70. The molecular formula is C22H19N2+. The number of hydrogen-bond acceptors (Lipinski definition) is 1. The van der Waals surface area contributed by atoms with Crippen LogP contribution in [0.1, 0.15) is 5.56 Å². The first kappa shape index (κ1) is 14.6. The summed E-state index contributed by atoms with van der Waals surface area (Å²) in [6.45, 7) is 2.16. The molecule has 0 fully saturated rings. The molecule has 0 bridgehead atoms. The standard InChI is InChI=1S/C22H19N2/c1-16-9-3-4-10-17(16)22-15-19(20-12-7-8-14-23-20)18-11-5-6-13-21(18)24(22)2/h3-15H,1-2H3/q+1. The first-order valence-electron chi connectivity index (χ1n) is 8.15. The van der Waals surface area contributed by atoms with Gasteiger partial charge in [0.2, 0.25) is 11.2 Å². The highest BCUT2D eigenvalue weighted by Crippen LogP contribution is 2.30. The fraction of sp³-hybridized carbons (Fsp3) is 0.0909. The zero-order valence-electron chi connectivity index (χ0n) is 13.9. The summed E-state index contributed by atoms with van der Waals surface area (Å²) in [5, 5.41) is 1.22. The van der Waals surface area contributed by atoms with Gasteiger partial charge in [0.1, 0.15) is 7.05 Å². The molecule has 0 saturated carbocycles. The molecule has 2 nitrogen and oxygen atoms in total. The Kier molecular flexibility index (Phi) is 3.58. The monoisotopic (exact) mass is 311 g/mol. The van der Waals surface area contributed by atoms with E-state index in [1.807, 2.05) is 18.3 Å². The Balaban J connectivity index is 2.10. The summed E-state index contributed by atoms with van der Waals surface area (Å²) < 4.78 is 2.27. The third kappa shape index (κ3) is 2.37. The molecule has 0 atom stereocenters. The van der Waals surface area contributed by atoms with Gasteiger partial charge in [0, 0.05) is 29.5 Å². The van der Waals surface area contributed by atoms with Crippen LogP contribution in [0, 0.1) is 6.92 Å². The Morgan fingerprint density at radius 2 is 1.54 bits per heavy atom. The number of aryl methyl sites for hydroxylation is 2. The minimum Gasteiger partial charge on any atom is -0.256 e. The van der Waals surface area contributed by atoms with Crippen molar-refractivity contribution in [3.63, 3.8) is 0 Å². The molecule has 4 aromatic rings. The van der Waals surface area contributed by atoms with Gasteiger partial charge in [0.05, 0.1) is 11.1 Å². The number of pyridine rings is 2. The Morgan fingerprint density at radius 1 is 0.792 bits per heavy atom. The molecule has 0 aliphatic heterocycles. The summed E-state index contributed by atoms with van der Waals surface area (Å²) in [4.78, 5) is 4.58. The lowest BCUT2D eigenvalue weighted by Crippen LogP contribution is -2.32. The molecule has 0 aliphatic rings. The number of nitrogens with zero attached hydrogens (tertiary/aromatic N) is 2. The Morgan fingerprint density at radius 3 is 2.33 bits per heavy atom. The smallest absolute Gasteiger partial charge is 0.213 e. The number of para-hydroxylation sites is 1. The van der Waals surface area contributed by atoms with E-state index in [1.54, 1.807) is 0 Å².